The van der Waals surface area contributed by atoms with Crippen molar-refractivity contribution < 1.29 is 0 Å². The Bertz CT molecular complexity index is 2510. The molecule has 0 unspecified atom stereocenters. The number of rotatable bonds is 7. The zero-order valence-electron chi connectivity index (χ0n) is 28.7. The molecular weight excluding hydrogens is 762 g/mol. The van der Waals surface area contributed by atoms with Gasteiger partial charge >= 0.3 is 318 Å². The number of nitrogens with zero attached hydrogens (tertiary/aromatic N) is 2. The van der Waals surface area contributed by atoms with E-state index in [1.54, 1.807) is 38.6 Å². The summed E-state index contributed by atoms with van der Waals surface area (Å²) in [6, 6.07) is 39.9. The van der Waals surface area contributed by atoms with Crippen LogP contribution in [-0.4, -0.2) is 29.0 Å². The Hall–Kier alpha value is -5.08. The van der Waals surface area contributed by atoms with Crippen LogP contribution >= 0.6 is 0 Å². The van der Waals surface area contributed by atoms with E-state index in [4.69, 9.17) is 0 Å². The van der Waals surface area contributed by atoms with Gasteiger partial charge in [-0.25, -0.2) is 0 Å². The number of allylic oxidation sites excluding steroid dienone is 8. The van der Waals surface area contributed by atoms with Crippen molar-refractivity contribution in [1.82, 2.24) is 0 Å². The fourth-order valence-electron chi connectivity index (χ4n) is 7.99. The van der Waals surface area contributed by atoms with Crippen molar-refractivity contribution in [1.29, 1.82) is 0 Å². The Balaban J connectivity index is 0.951. The molecule has 2 aromatic heterocycles. The van der Waals surface area contributed by atoms with Crippen LogP contribution in [0.2, 0.25) is 0 Å². The average Bonchev–Trinajstić information content (AvgIpc) is 3.77. The van der Waals surface area contributed by atoms with Crippen molar-refractivity contribution in [2.45, 2.75) is 25.7 Å². The maximum atomic E-state index is 2.45. The first-order valence-electron chi connectivity index (χ1n) is 18.0. The van der Waals surface area contributed by atoms with Gasteiger partial charge < -0.3 is 0 Å². The summed E-state index contributed by atoms with van der Waals surface area (Å²) in [4.78, 5) is 4.89. The molecule has 0 amide bonds. The number of anilines is 4. The molecule has 0 saturated carbocycles. The van der Waals surface area contributed by atoms with E-state index >= 15 is 0 Å². The van der Waals surface area contributed by atoms with E-state index in [0.717, 1.165) is 25.7 Å². The fourth-order valence-corrected chi connectivity index (χ4v) is 12.9. The molecule has 6 aromatic rings. The second-order valence-electron chi connectivity index (χ2n) is 13.6. The van der Waals surface area contributed by atoms with E-state index in [-0.39, 0.29) is 0 Å². The van der Waals surface area contributed by atoms with Crippen LogP contribution in [0.1, 0.15) is 22.3 Å². The molecule has 4 aliphatic rings. The molecule has 2 nitrogen and oxygen atoms in total. The maximum absolute atomic E-state index is 2.45. The molecule has 4 heteroatoms. The molecule has 250 valence electrons. The van der Waals surface area contributed by atoms with Gasteiger partial charge in [0.1, 0.15) is 0 Å². The molecule has 4 aromatic carbocycles. The Labute approximate surface area is 316 Å². The van der Waals surface area contributed by atoms with Gasteiger partial charge in [0.05, 0.1) is 0 Å². The summed E-state index contributed by atoms with van der Waals surface area (Å²) in [5, 5.41) is 0. The van der Waals surface area contributed by atoms with Crippen LogP contribution in [0, 0.1) is 0 Å². The summed E-state index contributed by atoms with van der Waals surface area (Å²) in [5.74, 6) is 0. The Morgan fingerprint density at radius 1 is 0.365 bits per heavy atom. The third-order valence-corrected chi connectivity index (χ3v) is 15.6. The Morgan fingerprint density at radius 3 is 1.17 bits per heavy atom. The van der Waals surface area contributed by atoms with E-state index in [0.29, 0.717) is 29.0 Å². The molecule has 0 aliphatic heterocycles. The normalized spacial score (nSPS) is 14.9. The van der Waals surface area contributed by atoms with E-state index < -0.39 is 0 Å². The SMILES string of the molecule is C1=CCc2c3c([se]c2=C1)=CC=C(N(c1ccccc1)c1ccc(-c2ccc(N(C4=CC=c5[se]c6c(c5C4)CC=CC=6)c4ccccc4)cc2)cc1)C3. The molecule has 0 saturated heterocycles. The molecule has 0 spiro atoms. The van der Waals surface area contributed by atoms with Crippen LogP contribution < -0.4 is 26.2 Å². The van der Waals surface area contributed by atoms with Gasteiger partial charge in [-0.3, -0.25) is 0 Å². The second-order valence-corrected chi connectivity index (χ2v) is 18.2. The number of benzene rings is 4. The van der Waals surface area contributed by atoms with Crippen LogP contribution in [0.5, 0.6) is 0 Å². The van der Waals surface area contributed by atoms with Crippen LogP contribution in [0.15, 0.2) is 157 Å². The summed E-state index contributed by atoms with van der Waals surface area (Å²) in [7, 11) is 0. The predicted octanol–water partition coefficient (Wildman–Crippen LogP) is 7.37. The Morgan fingerprint density at radius 2 is 0.750 bits per heavy atom. The van der Waals surface area contributed by atoms with E-state index in [1.807, 2.05) is 0 Å². The summed E-state index contributed by atoms with van der Waals surface area (Å²) in [5.41, 5.74) is 16.0. The van der Waals surface area contributed by atoms with Gasteiger partial charge in [0.15, 0.2) is 0 Å². The topological polar surface area (TPSA) is 6.48 Å². The van der Waals surface area contributed by atoms with Crippen LogP contribution in [0.25, 0.3) is 35.4 Å². The van der Waals surface area contributed by atoms with Gasteiger partial charge in [0, 0.05) is 0 Å². The quantitative estimate of drug-likeness (QED) is 0.156. The Kier molecular flexibility index (Phi) is 8.20. The van der Waals surface area contributed by atoms with Crippen molar-refractivity contribution in [3.05, 3.63) is 196 Å². The van der Waals surface area contributed by atoms with Crippen LogP contribution in [0.4, 0.5) is 22.7 Å². The monoisotopic (exact) mass is 800 g/mol. The van der Waals surface area contributed by atoms with Crippen molar-refractivity contribution in [3.63, 3.8) is 0 Å². The summed E-state index contributed by atoms with van der Waals surface area (Å²) >= 11 is 0.836. The number of fused-ring (bicyclic) bond motifs is 6. The first kappa shape index (κ1) is 31.6. The number of hydrogen-bond acceptors (Lipinski definition) is 2. The minimum absolute atomic E-state index is 0.418. The molecule has 0 N–H and O–H groups in total. The molecular formula is C48H36N2Se2. The summed E-state index contributed by atoms with van der Waals surface area (Å²) < 4.78 is 6.21. The van der Waals surface area contributed by atoms with E-state index in [1.165, 1.54) is 45.3 Å². The van der Waals surface area contributed by atoms with E-state index in [2.05, 4.69) is 180 Å². The van der Waals surface area contributed by atoms with Crippen LogP contribution in [0.3, 0.4) is 0 Å². The molecule has 0 fully saturated rings. The van der Waals surface area contributed by atoms with Gasteiger partial charge in [0.2, 0.25) is 0 Å². The average molecular weight is 799 g/mol. The first-order valence-corrected chi connectivity index (χ1v) is 21.5. The van der Waals surface area contributed by atoms with Gasteiger partial charge in [-0.15, -0.1) is 0 Å². The van der Waals surface area contributed by atoms with Crippen LogP contribution in [-0.2, 0) is 25.7 Å². The first-order chi connectivity index (χ1) is 25.8. The van der Waals surface area contributed by atoms with Gasteiger partial charge in [-0.2, -0.15) is 0 Å². The third kappa shape index (κ3) is 5.73. The molecule has 0 radical (unpaired) electrons. The summed E-state index contributed by atoms with van der Waals surface area (Å²) in [6.45, 7) is 0. The molecule has 0 bridgehead atoms. The molecule has 52 heavy (non-hydrogen) atoms. The number of hydrogen-bond donors (Lipinski definition) is 0. The second kappa shape index (κ2) is 13.5. The van der Waals surface area contributed by atoms with E-state index in [9.17, 15) is 0 Å². The zero-order valence-corrected chi connectivity index (χ0v) is 32.1. The van der Waals surface area contributed by atoms with Gasteiger partial charge in [0.25, 0.3) is 0 Å². The molecule has 2 heterocycles. The van der Waals surface area contributed by atoms with Crippen molar-refractivity contribution in [2.75, 3.05) is 9.80 Å². The van der Waals surface area contributed by atoms with Crippen molar-refractivity contribution >= 4 is 76.1 Å². The van der Waals surface area contributed by atoms with Crippen molar-refractivity contribution in [2.24, 2.45) is 0 Å². The molecule has 10 rings (SSSR count). The fraction of sp³-hybridized carbons (Fsp3) is 0.0833. The van der Waals surface area contributed by atoms with Gasteiger partial charge in [-0.05, 0) is 0 Å². The predicted molar refractivity (Wildman–Crippen MR) is 221 cm³/mol. The molecule has 4 aliphatic carbocycles. The van der Waals surface area contributed by atoms with Gasteiger partial charge in [-0.1, -0.05) is 0 Å². The van der Waals surface area contributed by atoms with Crippen molar-refractivity contribution in [3.8, 4) is 11.1 Å². The molecule has 0 atom stereocenters. The zero-order chi connectivity index (χ0) is 34.4. The number of para-hydroxylation sites is 2. The summed E-state index contributed by atoms with van der Waals surface area (Å²) in [6.07, 6.45) is 27.3. The standard InChI is InChI=1S/C48H36N2Se2/c1-3-11-35(12-4-1)49(39-27-29-47-43(31-39)41-15-7-9-17-45(41)51-47)37-23-19-33(20-24-37)34-21-25-38(26-22-34)50(36-13-5-2-6-14-36)40-28-30-48-44(32-40)42-16-8-10-18-46(42)52-48/h1-14,17-30H,15-16,31-32H2. The third-order valence-electron chi connectivity index (χ3n) is 10.5. The minimum atomic E-state index is 0.418.